The van der Waals surface area contributed by atoms with Crippen LogP contribution in [0.5, 0.6) is 0 Å². The number of ether oxygens (including phenoxy) is 6. The smallest absolute Gasteiger partial charge is 0.338 e. The van der Waals surface area contributed by atoms with Crippen molar-refractivity contribution >= 4 is 11.9 Å². The topological polar surface area (TPSA) is 170 Å². The van der Waals surface area contributed by atoms with Crippen molar-refractivity contribution in [3.8, 4) is 0 Å². The molecule has 12 heteroatoms. The third kappa shape index (κ3) is 3.64. The van der Waals surface area contributed by atoms with Crippen molar-refractivity contribution in [2.24, 2.45) is 11.3 Å². The molecule has 4 heterocycles. The van der Waals surface area contributed by atoms with E-state index in [9.17, 15) is 30.0 Å². The van der Waals surface area contributed by atoms with Gasteiger partial charge in [0.1, 0.15) is 36.1 Å². The summed E-state index contributed by atoms with van der Waals surface area (Å²) in [5, 5.41) is 43.0. The van der Waals surface area contributed by atoms with Crippen molar-refractivity contribution in [2.45, 2.75) is 73.8 Å². The SMILES string of the molecule is C[C@]12C[C@]3(O)O[C@H](O1)[C@]1(COC(=O)c4ccccc4)[C@@H]3C[C@]12O[C@@H]1O[C@H](CO)[C@@H](O)[C@H](O)[C@H]1OC(=O)c1ccccc1. The van der Waals surface area contributed by atoms with Crippen molar-refractivity contribution in [1.82, 2.24) is 0 Å². The van der Waals surface area contributed by atoms with Crippen molar-refractivity contribution in [2.75, 3.05) is 13.2 Å². The van der Waals surface area contributed by atoms with Crippen LogP contribution in [0.3, 0.4) is 0 Å². The number of aliphatic hydroxyl groups excluding tert-OH is 3. The molecular formula is C30H32O12. The number of hydrogen-bond donors (Lipinski definition) is 4. The summed E-state index contributed by atoms with van der Waals surface area (Å²) < 4.78 is 36.3. The van der Waals surface area contributed by atoms with Crippen LogP contribution < -0.4 is 0 Å². The molecule has 3 aliphatic carbocycles. The summed E-state index contributed by atoms with van der Waals surface area (Å²) in [6.07, 6.45) is -8.19. The quantitative estimate of drug-likeness (QED) is 0.318. The van der Waals surface area contributed by atoms with Gasteiger partial charge in [0.25, 0.3) is 0 Å². The molecule has 0 amide bonds. The maximum absolute atomic E-state index is 13.0. The van der Waals surface area contributed by atoms with E-state index in [4.69, 9.17) is 28.4 Å². The lowest BCUT2D eigenvalue weighted by molar-refractivity contribution is -0.423. The lowest BCUT2D eigenvalue weighted by Crippen LogP contribution is -2.81. The highest BCUT2D eigenvalue weighted by molar-refractivity contribution is 5.89. The standard InChI is InChI=1S/C30H32O12/c1-27-14-29(36)19-12-30(27,28(19,26(41-27)42-29)15-37-23(34)16-8-4-2-5-9-16)40-25-22(21(33)20(32)18(13-31)38-25)39-24(35)17-10-6-3-7-11-17/h2-11,18-22,25-26,31-33,36H,12-15H2,1H3/t18-,19+,20-,21+,22-,25+,26+,27-,28+,29+,30-/m1/s1. The second-order valence-electron chi connectivity index (χ2n) is 11.9. The molecule has 0 radical (unpaired) electrons. The summed E-state index contributed by atoms with van der Waals surface area (Å²) in [4.78, 5) is 26.0. The van der Waals surface area contributed by atoms with Gasteiger partial charge in [0.15, 0.2) is 24.5 Å². The van der Waals surface area contributed by atoms with Crippen LogP contribution >= 0.6 is 0 Å². The molecule has 2 aromatic rings. The molecule has 11 atom stereocenters. The van der Waals surface area contributed by atoms with Crippen LogP contribution in [-0.2, 0) is 28.4 Å². The Hall–Kier alpha value is -2.94. The number of esters is 2. The van der Waals surface area contributed by atoms with Crippen molar-refractivity contribution < 1.29 is 58.4 Å². The molecule has 4 N–H and O–H groups in total. The highest BCUT2D eigenvalue weighted by atomic mass is 16.8. The van der Waals surface area contributed by atoms with Gasteiger partial charge in [-0.05, 0) is 37.6 Å². The Morgan fingerprint density at radius 3 is 2.24 bits per heavy atom. The first-order valence-electron chi connectivity index (χ1n) is 13.9. The molecule has 0 spiro atoms. The van der Waals surface area contributed by atoms with Crippen LogP contribution in [0.15, 0.2) is 60.7 Å². The molecule has 4 aliphatic heterocycles. The van der Waals surface area contributed by atoms with Gasteiger partial charge in [0.2, 0.25) is 0 Å². The average molecular weight is 585 g/mol. The van der Waals surface area contributed by atoms with Gasteiger partial charge < -0.3 is 48.8 Å². The van der Waals surface area contributed by atoms with Crippen LogP contribution in [0.2, 0.25) is 0 Å². The first-order chi connectivity index (χ1) is 20.1. The summed E-state index contributed by atoms with van der Waals surface area (Å²) in [6.45, 7) is 0.891. The summed E-state index contributed by atoms with van der Waals surface area (Å²) in [5.41, 5.74) is -3.04. The molecule has 7 aliphatic rings. The summed E-state index contributed by atoms with van der Waals surface area (Å²) in [7, 11) is 0. The van der Waals surface area contributed by atoms with Gasteiger partial charge in [0, 0.05) is 12.3 Å². The van der Waals surface area contributed by atoms with Gasteiger partial charge in [-0.25, -0.2) is 9.59 Å². The zero-order valence-electron chi connectivity index (χ0n) is 22.7. The Labute approximate surface area is 240 Å². The van der Waals surface area contributed by atoms with E-state index in [1.165, 1.54) is 12.1 Å². The molecule has 7 fully saturated rings. The van der Waals surface area contributed by atoms with E-state index in [0.717, 1.165) is 0 Å². The molecule has 9 rings (SSSR count). The van der Waals surface area contributed by atoms with Gasteiger partial charge in [0.05, 0.1) is 23.1 Å². The highest BCUT2D eigenvalue weighted by Crippen LogP contribution is 2.81. The number of carbonyl (C=O) groups is 2. The fourth-order valence-corrected chi connectivity index (χ4v) is 7.75. The molecule has 2 aromatic carbocycles. The second kappa shape index (κ2) is 9.53. The normalized spacial score (nSPS) is 44.5. The van der Waals surface area contributed by atoms with Crippen molar-refractivity contribution in [3.05, 3.63) is 71.8 Å². The van der Waals surface area contributed by atoms with Crippen molar-refractivity contribution in [1.29, 1.82) is 0 Å². The van der Waals surface area contributed by atoms with Gasteiger partial charge >= 0.3 is 11.9 Å². The number of hydrogen-bond acceptors (Lipinski definition) is 12. The zero-order chi connectivity index (χ0) is 29.5. The van der Waals surface area contributed by atoms with Crippen molar-refractivity contribution in [3.63, 3.8) is 0 Å². The van der Waals surface area contributed by atoms with E-state index >= 15 is 0 Å². The Morgan fingerprint density at radius 1 is 0.952 bits per heavy atom. The molecule has 0 aromatic heterocycles. The monoisotopic (exact) mass is 584 g/mol. The minimum absolute atomic E-state index is 0.0470. The molecular weight excluding hydrogens is 552 g/mol. The van der Waals surface area contributed by atoms with Gasteiger partial charge in [-0.15, -0.1) is 0 Å². The van der Waals surface area contributed by atoms with Gasteiger partial charge in [-0.2, -0.15) is 0 Å². The Morgan fingerprint density at radius 2 is 1.60 bits per heavy atom. The van der Waals surface area contributed by atoms with E-state index in [1.54, 1.807) is 55.5 Å². The van der Waals surface area contributed by atoms with E-state index in [1.807, 2.05) is 0 Å². The minimum Gasteiger partial charge on any atom is -0.461 e. The van der Waals surface area contributed by atoms with Crippen LogP contribution in [-0.4, -0.2) is 99.6 Å². The van der Waals surface area contributed by atoms with Gasteiger partial charge in [-0.1, -0.05) is 36.4 Å². The van der Waals surface area contributed by atoms with Crippen LogP contribution in [0.25, 0.3) is 0 Å². The lowest BCUT2D eigenvalue weighted by atomic mass is 9.41. The van der Waals surface area contributed by atoms with Crippen LogP contribution in [0.1, 0.15) is 40.5 Å². The third-order valence-corrected chi connectivity index (χ3v) is 9.80. The molecule has 4 saturated heterocycles. The second-order valence-corrected chi connectivity index (χ2v) is 11.9. The highest BCUT2D eigenvalue weighted by Gasteiger charge is 2.94. The summed E-state index contributed by atoms with van der Waals surface area (Å²) in [6, 6.07) is 16.5. The number of aliphatic hydroxyl groups is 4. The number of carbonyl (C=O) groups excluding carboxylic acids is 2. The first kappa shape index (κ1) is 27.9. The Kier molecular flexibility index (Phi) is 6.32. The summed E-state index contributed by atoms with van der Waals surface area (Å²) in [5.74, 6) is -3.41. The maximum Gasteiger partial charge on any atom is 0.338 e. The molecule has 3 saturated carbocycles. The molecule has 0 unspecified atom stereocenters. The van der Waals surface area contributed by atoms with E-state index in [-0.39, 0.29) is 25.0 Å². The fraction of sp³-hybridized carbons (Fsp3) is 0.533. The predicted octanol–water partition coefficient (Wildman–Crippen LogP) is 0.507. The lowest BCUT2D eigenvalue weighted by Gasteiger charge is -2.67. The molecule has 224 valence electrons. The maximum atomic E-state index is 13.0. The van der Waals surface area contributed by atoms with Crippen LogP contribution in [0, 0.1) is 11.3 Å². The summed E-state index contributed by atoms with van der Waals surface area (Å²) >= 11 is 0. The minimum atomic E-state index is -1.67. The number of benzene rings is 2. The molecule has 12 nitrogen and oxygen atoms in total. The Balaban J connectivity index is 1.21. The fourth-order valence-electron chi connectivity index (χ4n) is 7.75. The first-order valence-corrected chi connectivity index (χ1v) is 13.9. The Bertz CT molecular complexity index is 1370. The largest absolute Gasteiger partial charge is 0.461 e. The van der Waals surface area contributed by atoms with E-state index in [2.05, 4.69) is 0 Å². The number of rotatable bonds is 8. The van der Waals surface area contributed by atoms with E-state index < -0.39 is 83.9 Å². The van der Waals surface area contributed by atoms with E-state index in [0.29, 0.717) is 5.56 Å². The van der Waals surface area contributed by atoms with Crippen LogP contribution in [0.4, 0.5) is 0 Å². The molecule has 6 bridgehead atoms. The third-order valence-electron chi connectivity index (χ3n) is 9.80. The predicted molar refractivity (Wildman–Crippen MR) is 138 cm³/mol. The zero-order valence-corrected chi connectivity index (χ0v) is 22.7. The van der Waals surface area contributed by atoms with Gasteiger partial charge in [-0.3, -0.25) is 0 Å². The average Bonchev–Trinajstić information content (AvgIpc) is 3.18. The molecule has 42 heavy (non-hydrogen) atoms.